The molecule has 1 amide bonds. The van der Waals surface area contributed by atoms with Crippen molar-refractivity contribution in [2.24, 2.45) is 7.05 Å². The fourth-order valence-corrected chi connectivity index (χ4v) is 3.92. The van der Waals surface area contributed by atoms with Crippen LogP contribution in [0.15, 0.2) is 72.9 Å². The van der Waals surface area contributed by atoms with E-state index in [1.54, 1.807) is 29.2 Å². The number of carboxylic acids is 1. The van der Waals surface area contributed by atoms with Crippen LogP contribution in [0.25, 0.3) is 0 Å². The van der Waals surface area contributed by atoms with Crippen LogP contribution in [0.3, 0.4) is 0 Å². The Hall–Kier alpha value is -3.34. The van der Waals surface area contributed by atoms with Gasteiger partial charge >= 0.3 is 5.97 Å². The number of aryl methyl sites for hydroxylation is 1. The van der Waals surface area contributed by atoms with Gasteiger partial charge in [0.2, 0.25) is 0 Å². The Balaban J connectivity index is 1.90. The SMILES string of the molecule is Cn1cccc1[C@@H]1[C@@H](C(=O)O)c2ccccc2C(=O)N1Cc1ccccc1. The highest BCUT2D eigenvalue weighted by Gasteiger charge is 2.45. The molecule has 0 unspecified atom stereocenters. The topological polar surface area (TPSA) is 62.5 Å². The summed E-state index contributed by atoms with van der Waals surface area (Å²) in [7, 11) is 1.87. The average molecular weight is 360 g/mol. The zero-order chi connectivity index (χ0) is 19.0. The normalized spacial score (nSPS) is 19.0. The second-order valence-electron chi connectivity index (χ2n) is 6.81. The standard InChI is InChI=1S/C22H20N2O3/c1-23-13-7-12-18(23)20-19(22(26)27)16-10-5-6-11-17(16)21(25)24(20)14-15-8-3-2-4-9-15/h2-13,19-20H,14H2,1H3,(H,26,27)/t19-,20+/m0/s1. The number of fused-ring (bicyclic) bond motifs is 1. The summed E-state index contributed by atoms with van der Waals surface area (Å²) in [5.41, 5.74) is 2.81. The Labute approximate surface area is 157 Å². The molecule has 136 valence electrons. The largest absolute Gasteiger partial charge is 0.481 e. The van der Waals surface area contributed by atoms with E-state index in [2.05, 4.69) is 0 Å². The molecule has 1 aliphatic heterocycles. The summed E-state index contributed by atoms with van der Waals surface area (Å²) < 4.78 is 1.89. The quantitative estimate of drug-likeness (QED) is 0.773. The molecule has 1 aromatic heterocycles. The lowest BCUT2D eigenvalue weighted by Crippen LogP contribution is -2.45. The van der Waals surface area contributed by atoms with Crippen LogP contribution in [-0.4, -0.2) is 26.5 Å². The van der Waals surface area contributed by atoms with Crippen molar-refractivity contribution in [3.63, 3.8) is 0 Å². The van der Waals surface area contributed by atoms with Crippen molar-refractivity contribution in [2.45, 2.75) is 18.5 Å². The second-order valence-corrected chi connectivity index (χ2v) is 6.81. The van der Waals surface area contributed by atoms with E-state index in [4.69, 9.17) is 0 Å². The highest BCUT2D eigenvalue weighted by molar-refractivity contribution is 6.00. The van der Waals surface area contributed by atoms with Gasteiger partial charge in [-0.25, -0.2) is 0 Å². The minimum absolute atomic E-state index is 0.141. The van der Waals surface area contributed by atoms with Gasteiger partial charge in [0, 0.05) is 31.0 Å². The third-order valence-electron chi connectivity index (χ3n) is 5.19. The molecule has 1 aliphatic rings. The van der Waals surface area contributed by atoms with Crippen molar-refractivity contribution >= 4 is 11.9 Å². The maximum atomic E-state index is 13.3. The van der Waals surface area contributed by atoms with E-state index in [1.165, 1.54) is 0 Å². The van der Waals surface area contributed by atoms with Crippen molar-refractivity contribution in [1.29, 1.82) is 0 Å². The van der Waals surface area contributed by atoms with Crippen molar-refractivity contribution in [3.05, 3.63) is 95.3 Å². The first kappa shape index (κ1) is 17.1. The summed E-state index contributed by atoms with van der Waals surface area (Å²) in [6.07, 6.45) is 1.87. The van der Waals surface area contributed by atoms with E-state index in [0.717, 1.165) is 11.3 Å². The highest BCUT2D eigenvalue weighted by Crippen LogP contribution is 2.43. The molecule has 3 aromatic rings. The second kappa shape index (κ2) is 6.76. The highest BCUT2D eigenvalue weighted by atomic mass is 16.4. The number of nitrogens with zero attached hydrogens (tertiary/aromatic N) is 2. The first-order chi connectivity index (χ1) is 13.1. The molecule has 1 N–H and O–H groups in total. The molecule has 2 aromatic carbocycles. The van der Waals surface area contributed by atoms with Crippen molar-refractivity contribution in [1.82, 2.24) is 9.47 Å². The van der Waals surface area contributed by atoms with Crippen LogP contribution in [0.4, 0.5) is 0 Å². The summed E-state index contributed by atoms with van der Waals surface area (Å²) in [5.74, 6) is -1.89. The van der Waals surface area contributed by atoms with Crippen molar-refractivity contribution < 1.29 is 14.7 Å². The molecule has 5 heteroatoms. The first-order valence-electron chi connectivity index (χ1n) is 8.86. The van der Waals surface area contributed by atoms with Gasteiger partial charge in [0.25, 0.3) is 5.91 Å². The summed E-state index contributed by atoms with van der Waals surface area (Å²) in [6, 6.07) is 19.9. The lowest BCUT2D eigenvalue weighted by Gasteiger charge is -2.40. The lowest BCUT2D eigenvalue weighted by molar-refractivity contribution is -0.140. The first-order valence-corrected chi connectivity index (χ1v) is 8.86. The summed E-state index contributed by atoms with van der Waals surface area (Å²) in [5, 5.41) is 10.1. The molecule has 0 spiro atoms. The molecule has 0 saturated heterocycles. The molecule has 5 nitrogen and oxygen atoms in total. The molecule has 4 rings (SSSR count). The molecule has 0 aliphatic carbocycles. The average Bonchev–Trinajstić information content (AvgIpc) is 3.10. The number of aromatic nitrogens is 1. The smallest absolute Gasteiger partial charge is 0.313 e. The van der Waals surface area contributed by atoms with Crippen molar-refractivity contribution in [3.8, 4) is 0 Å². The molecule has 2 heterocycles. The molecule has 0 saturated carbocycles. The van der Waals surface area contributed by atoms with Crippen LogP contribution in [-0.2, 0) is 18.4 Å². The number of hydrogen-bond acceptors (Lipinski definition) is 2. The van der Waals surface area contributed by atoms with Crippen LogP contribution in [0.2, 0.25) is 0 Å². The molecular formula is C22H20N2O3. The van der Waals surface area contributed by atoms with E-state index in [0.29, 0.717) is 17.7 Å². The number of hydrogen-bond donors (Lipinski definition) is 1. The monoisotopic (exact) mass is 360 g/mol. The Morgan fingerprint density at radius 3 is 2.37 bits per heavy atom. The van der Waals surface area contributed by atoms with Crippen LogP contribution in [0.5, 0.6) is 0 Å². The summed E-state index contributed by atoms with van der Waals surface area (Å²) in [4.78, 5) is 27.3. The Kier molecular flexibility index (Phi) is 4.28. The van der Waals surface area contributed by atoms with Gasteiger partial charge in [-0.3, -0.25) is 9.59 Å². The number of carbonyl (C=O) groups excluding carboxylic acids is 1. The summed E-state index contributed by atoms with van der Waals surface area (Å²) in [6.45, 7) is 0.355. The molecule has 2 atom stereocenters. The Morgan fingerprint density at radius 2 is 1.70 bits per heavy atom. The molecule has 0 bridgehead atoms. The van der Waals surface area contributed by atoms with E-state index < -0.39 is 17.9 Å². The van der Waals surface area contributed by atoms with Gasteiger partial charge in [-0.15, -0.1) is 0 Å². The minimum Gasteiger partial charge on any atom is -0.481 e. The van der Waals surface area contributed by atoms with E-state index >= 15 is 0 Å². The Bertz CT molecular complexity index is 994. The zero-order valence-corrected chi connectivity index (χ0v) is 14.9. The minimum atomic E-state index is -0.931. The Morgan fingerprint density at radius 1 is 1.00 bits per heavy atom. The van der Waals surface area contributed by atoms with Gasteiger partial charge in [0.1, 0.15) is 5.92 Å². The van der Waals surface area contributed by atoms with E-state index in [-0.39, 0.29) is 5.91 Å². The van der Waals surface area contributed by atoms with Gasteiger partial charge in [-0.2, -0.15) is 0 Å². The van der Waals surface area contributed by atoms with E-state index in [9.17, 15) is 14.7 Å². The van der Waals surface area contributed by atoms with Gasteiger partial charge in [-0.1, -0.05) is 48.5 Å². The number of benzene rings is 2. The predicted molar refractivity (Wildman–Crippen MR) is 101 cm³/mol. The fourth-order valence-electron chi connectivity index (χ4n) is 3.92. The van der Waals surface area contributed by atoms with Crippen molar-refractivity contribution in [2.75, 3.05) is 0 Å². The number of aliphatic carboxylic acids is 1. The molecule has 0 radical (unpaired) electrons. The molecular weight excluding hydrogens is 340 g/mol. The van der Waals surface area contributed by atoms with Crippen LogP contribution < -0.4 is 0 Å². The van der Waals surface area contributed by atoms with Crippen LogP contribution in [0, 0.1) is 0 Å². The third-order valence-corrected chi connectivity index (χ3v) is 5.19. The maximum absolute atomic E-state index is 13.3. The fraction of sp³-hybridized carbons (Fsp3) is 0.182. The number of carboxylic acid groups (broad SMARTS) is 1. The maximum Gasteiger partial charge on any atom is 0.313 e. The lowest BCUT2D eigenvalue weighted by atomic mass is 9.81. The van der Waals surface area contributed by atoms with Gasteiger partial charge < -0.3 is 14.6 Å². The van der Waals surface area contributed by atoms with Gasteiger partial charge in [0.15, 0.2) is 0 Å². The third kappa shape index (κ3) is 2.91. The van der Waals surface area contributed by atoms with Crippen LogP contribution in [0.1, 0.15) is 39.1 Å². The van der Waals surface area contributed by atoms with Gasteiger partial charge in [0.05, 0.1) is 6.04 Å². The van der Waals surface area contributed by atoms with Crippen LogP contribution >= 0.6 is 0 Å². The predicted octanol–water partition coefficient (Wildman–Crippen LogP) is 3.59. The number of carbonyl (C=O) groups is 2. The molecule has 27 heavy (non-hydrogen) atoms. The number of amides is 1. The summed E-state index contributed by atoms with van der Waals surface area (Å²) >= 11 is 0. The molecule has 0 fully saturated rings. The zero-order valence-electron chi connectivity index (χ0n) is 14.9. The van der Waals surface area contributed by atoms with E-state index in [1.807, 2.05) is 60.3 Å². The number of rotatable bonds is 4. The van der Waals surface area contributed by atoms with Gasteiger partial charge in [-0.05, 0) is 29.3 Å².